The molecule has 4 heteroatoms. The Kier molecular flexibility index (Phi) is 5.05. The van der Waals surface area contributed by atoms with Crippen LogP contribution in [0.2, 0.25) is 0 Å². The molecule has 0 spiro atoms. The zero-order chi connectivity index (χ0) is 12.0. The first-order valence-electron chi connectivity index (χ1n) is 4.98. The topological polar surface area (TPSA) is 43.4 Å². The van der Waals surface area contributed by atoms with Gasteiger partial charge in [0.05, 0.1) is 0 Å². The molecule has 0 aromatic heterocycles. The Labute approximate surface area is 99.2 Å². The molecule has 0 bridgehead atoms. The first-order valence-corrected chi connectivity index (χ1v) is 5.97. The second-order valence-corrected chi connectivity index (χ2v) is 4.53. The minimum Gasteiger partial charge on any atom is -0.427 e. The SMILES string of the molecule is CC(=O)CCSc1ccc(OC(C)=O)cc1. The molecule has 1 aromatic carbocycles. The van der Waals surface area contributed by atoms with Gasteiger partial charge in [0.1, 0.15) is 11.5 Å². The zero-order valence-corrected chi connectivity index (χ0v) is 10.2. The van der Waals surface area contributed by atoms with Crippen molar-refractivity contribution in [1.29, 1.82) is 0 Å². The quantitative estimate of drug-likeness (QED) is 0.449. The van der Waals surface area contributed by atoms with Crippen LogP contribution in [0.15, 0.2) is 29.2 Å². The minimum atomic E-state index is -0.322. The number of ether oxygens (including phenoxy) is 1. The number of hydrogen-bond donors (Lipinski definition) is 0. The standard InChI is InChI=1S/C12H14O3S/c1-9(13)7-8-16-12-5-3-11(4-6-12)15-10(2)14/h3-6H,7-8H2,1-2H3. The van der Waals surface area contributed by atoms with E-state index in [1.54, 1.807) is 30.8 Å². The van der Waals surface area contributed by atoms with E-state index in [2.05, 4.69) is 0 Å². The summed E-state index contributed by atoms with van der Waals surface area (Å²) < 4.78 is 4.91. The van der Waals surface area contributed by atoms with Crippen LogP contribution in [0.25, 0.3) is 0 Å². The molecule has 0 atom stereocenters. The maximum atomic E-state index is 10.7. The molecule has 0 heterocycles. The highest BCUT2D eigenvalue weighted by atomic mass is 32.2. The number of esters is 1. The summed E-state index contributed by atoms with van der Waals surface area (Å²) in [5.41, 5.74) is 0. The minimum absolute atomic E-state index is 0.198. The molecule has 0 N–H and O–H groups in total. The lowest BCUT2D eigenvalue weighted by Gasteiger charge is -2.03. The lowest BCUT2D eigenvalue weighted by atomic mass is 10.3. The fraction of sp³-hybridized carbons (Fsp3) is 0.333. The van der Waals surface area contributed by atoms with Gasteiger partial charge >= 0.3 is 5.97 Å². The van der Waals surface area contributed by atoms with Crippen molar-refractivity contribution in [3.05, 3.63) is 24.3 Å². The molecule has 0 aliphatic rings. The van der Waals surface area contributed by atoms with Crippen molar-refractivity contribution >= 4 is 23.5 Å². The molecular weight excluding hydrogens is 224 g/mol. The molecule has 0 saturated heterocycles. The summed E-state index contributed by atoms with van der Waals surface area (Å²) in [4.78, 5) is 22.5. The Hall–Kier alpha value is -1.29. The number of carbonyl (C=O) groups excluding carboxylic acids is 2. The molecule has 0 saturated carbocycles. The van der Waals surface area contributed by atoms with E-state index >= 15 is 0 Å². The smallest absolute Gasteiger partial charge is 0.308 e. The number of rotatable bonds is 5. The highest BCUT2D eigenvalue weighted by molar-refractivity contribution is 7.99. The molecule has 16 heavy (non-hydrogen) atoms. The second-order valence-electron chi connectivity index (χ2n) is 3.37. The van der Waals surface area contributed by atoms with Crippen molar-refractivity contribution in [2.24, 2.45) is 0 Å². The van der Waals surface area contributed by atoms with Crippen LogP contribution in [-0.2, 0) is 9.59 Å². The van der Waals surface area contributed by atoms with Gasteiger partial charge in [0.15, 0.2) is 0 Å². The highest BCUT2D eigenvalue weighted by Crippen LogP contribution is 2.22. The molecule has 0 aliphatic heterocycles. The summed E-state index contributed by atoms with van der Waals surface area (Å²) in [5, 5.41) is 0. The fourth-order valence-electron chi connectivity index (χ4n) is 1.08. The van der Waals surface area contributed by atoms with Gasteiger partial charge in [-0.1, -0.05) is 0 Å². The van der Waals surface area contributed by atoms with Crippen molar-refractivity contribution in [2.45, 2.75) is 25.2 Å². The third kappa shape index (κ3) is 4.98. The van der Waals surface area contributed by atoms with Crippen LogP contribution in [0, 0.1) is 0 Å². The predicted octanol–water partition coefficient (Wildman–Crippen LogP) is 2.68. The van der Waals surface area contributed by atoms with Crippen molar-refractivity contribution in [2.75, 3.05) is 5.75 Å². The number of ketones is 1. The molecule has 1 aromatic rings. The van der Waals surface area contributed by atoms with Gasteiger partial charge in [-0.2, -0.15) is 0 Å². The molecule has 0 amide bonds. The maximum absolute atomic E-state index is 10.7. The van der Waals surface area contributed by atoms with E-state index < -0.39 is 0 Å². The van der Waals surface area contributed by atoms with E-state index in [4.69, 9.17) is 4.74 Å². The summed E-state index contributed by atoms with van der Waals surface area (Å²) >= 11 is 1.62. The molecule has 0 aliphatic carbocycles. The van der Waals surface area contributed by atoms with Gasteiger partial charge in [0, 0.05) is 24.0 Å². The van der Waals surface area contributed by atoms with E-state index in [0.717, 1.165) is 10.6 Å². The fourth-order valence-corrected chi connectivity index (χ4v) is 2.04. The Morgan fingerprint density at radius 3 is 2.31 bits per heavy atom. The first-order chi connectivity index (χ1) is 7.58. The third-order valence-electron chi connectivity index (χ3n) is 1.81. The number of Topliss-reactive ketones (excluding diaryl/α,β-unsaturated/α-hetero) is 1. The van der Waals surface area contributed by atoms with Gasteiger partial charge in [-0.25, -0.2) is 0 Å². The molecule has 0 fully saturated rings. The normalized spacial score (nSPS) is 9.88. The second kappa shape index (κ2) is 6.33. The van der Waals surface area contributed by atoms with Crippen LogP contribution in [0.4, 0.5) is 0 Å². The van der Waals surface area contributed by atoms with Crippen LogP contribution in [0.3, 0.4) is 0 Å². The summed E-state index contributed by atoms with van der Waals surface area (Å²) in [6, 6.07) is 7.25. The highest BCUT2D eigenvalue weighted by Gasteiger charge is 1.99. The zero-order valence-electron chi connectivity index (χ0n) is 9.36. The van der Waals surface area contributed by atoms with E-state index in [9.17, 15) is 9.59 Å². The number of benzene rings is 1. The van der Waals surface area contributed by atoms with Gasteiger partial charge in [0.2, 0.25) is 0 Å². The Bertz CT molecular complexity index is 370. The van der Waals surface area contributed by atoms with Gasteiger partial charge in [-0.15, -0.1) is 11.8 Å². The lowest BCUT2D eigenvalue weighted by molar-refractivity contribution is -0.131. The lowest BCUT2D eigenvalue weighted by Crippen LogP contribution is -2.00. The Morgan fingerprint density at radius 1 is 1.19 bits per heavy atom. The molecular formula is C12H14O3S. The van der Waals surface area contributed by atoms with Crippen molar-refractivity contribution in [3.8, 4) is 5.75 Å². The average molecular weight is 238 g/mol. The molecule has 0 radical (unpaired) electrons. The van der Waals surface area contributed by atoms with Crippen LogP contribution in [0.5, 0.6) is 5.75 Å². The van der Waals surface area contributed by atoms with Gasteiger partial charge in [-0.05, 0) is 31.2 Å². The van der Waals surface area contributed by atoms with E-state index in [-0.39, 0.29) is 11.8 Å². The van der Waals surface area contributed by atoms with Crippen LogP contribution < -0.4 is 4.74 Å². The molecule has 86 valence electrons. The summed E-state index contributed by atoms with van der Waals surface area (Å²) in [6.07, 6.45) is 0.580. The molecule has 0 unspecified atom stereocenters. The first kappa shape index (κ1) is 12.8. The average Bonchev–Trinajstić information content (AvgIpc) is 2.19. The van der Waals surface area contributed by atoms with Crippen molar-refractivity contribution in [1.82, 2.24) is 0 Å². The van der Waals surface area contributed by atoms with Crippen molar-refractivity contribution in [3.63, 3.8) is 0 Å². The number of hydrogen-bond acceptors (Lipinski definition) is 4. The molecule has 1 rings (SSSR count). The Morgan fingerprint density at radius 2 is 1.81 bits per heavy atom. The summed E-state index contributed by atoms with van der Waals surface area (Å²) in [6.45, 7) is 2.96. The van der Waals surface area contributed by atoms with Crippen LogP contribution in [0.1, 0.15) is 20.3 Å². The van der Waals surface area contributed by atoms with Gasteiger partial charge < -0.3 is 4.74 Å². The Balaban J connectivity index is 2.45. The van der Waals surface area contributed by atoms with Crippen molar-refractivity contribution < 1.29 is 14.3 Å². The maximum Gasteiger partial charge on any atom is 0.308 e. The number of thioether (sulfide) groups is 1. The van der Waals surface area contributed by atoms with E-state index in [1.165, 1.54) is 6.92 Å². The summed E-state index contributed by atoms with van der Waals surface area (Å²) in [5.74, 6) is 1.20. The molecule has 3 nitrogen and oxygen atoms in total. The third-order valence-corrected chi connectivity index (χ3v) is 2.82. The van der Waals surface area contributed by atoms with Crippen LogP contribution in [-0.4, -0.2) is 17.5 Å². The van der Waals surface area contributed by atoms with Gasteiger partial charge in [-0.3, -0.25) is 9.59 Å². The predicted molar refractivity (Wildman–Crippen MR) is 63.8 cm³/mol. The van der Waals surface area contributed by atoms with Gasteiger partial charge in [0.25, 0.3) is 0 Å². The largest absolute Gasteiger partial charge is 0.427 e. The van der Waals surface area contributed by atoms with Crippen LogP contribution >= 0.6 is 11.8 Å². The summed E-state index contributed by atoms with van der Waals surface area (Å²) in [7, 11) is 0. The monoisotopic (exact) mass is 238 g/mol. The van der Waals surface area contributed by atoms with E-state index in [0.29, 0.717) is 12.2 Å². The van der Waals surface area contributed by atoms with E-state index in [1.807, 2.05) is 12.1 Å². The number of carbonyl (C=O) groups is 2.